The maximum absolute atomic E-state index is 13.0. The highest BCUT2D eigenvalue weighted by Gasteiger charge is 2.36. The van der Waals surface area contributed by atoms with Gasteiger partial charge in [0.2, 0.25) is 0 Å². The van der Waals surface area contributed by atoms with E-state index in [9.17, 15) is 4.79 Å². The second-order valence-corrected chi connectivity index (χ2v) is 7.28. The second kappa shape index (κ2) is 7.86. The molecule has 0 radical (unpaired) electrons. The standard InChI is InChI=1S/C22H23N3O3/c1-16-7-9-17(10-8-16)19-13-20(21-6-4-12-28-21)25(23-19)22(26)15-24(2)14-18-5-3-11-27-18/h3-12,20H,13-15H2,1-2H3/p+1/t20-/m0/s1. The fraction of sp³-hybridized carbons (Fsp3) is 0.273. The number of likely N-dealkylation sites (N-methyl/N-ethyl adjacent to an activating group) is 1. The molecule has 1 unspecified atom stereocenters. The number of furan rings is 2. The van der Waals surface area contributed by atoms with Crippen LogP contribution in [0.3, 0.4) is 0 Å². The average Bonchev–Trinajstić information content (AvgIpc) is 3.43. The van der Waals surface area contributed by atoms with Crippen molar-refractivity contribution >= 4 is 11.6 Å². The molecule has 1 amide bonds. The minimum atomic E-state index is -0.213. The normalized spacial score (nSPS) is 17.6. The van der Waals surface area contributed by atoms with Gasteiger partial charge in [0.1, 0.15) is 18.3 Å². The van der Waals surface area contributed by atoms with Crippen molar-refractivity contribution < 1.29 is 18.5 Å². The van der Waals surface area contributed by atoms with Crippen LogP contribution in [0.5, 0.6) is 0 Å². The predicted octanol–water partition coefficient (Wildman–Crippen LogP) is 2.57. The van der Waals surface area contributed by atoms with Crippen molar-refractivity contribution in [3.8, 4) is 0 Å². The number of rotatable bonds is 6. The summed E-state index contributed by atoms with van der Waals surface area (Å²) in [5.74, 6) is 1.58. The van der Waals surface area contributed by atoms with Crippen LogP contribution in [0.4, 0.5) is 0 Å². The van der Waals surface area contributed by atoms with Crippen molar-refractivity contribution in [2.45, 2.75) is 25.9 Å². The highest BCUT2D eigenvalue weighted by molar-refractivity contribution is 6.03. The van der Waals surface area contributed by atoms with Gasteiger partial charge in [-0.05, 0) is 36.8 Å². The molecule has 0 saturated heterocycles. The van der Waals surface area contributed by atoms with E-state index >= 15 is 0 Å². The Kier molecular flexibility index (Phi) is 5.12. The van der Waals surface area contributed by atoms with Crippen LogP contribution >= 0.6 is 0 Å². The minimum absolute atomic E-state index is 0.0347. The lowest BCUT2D eigenvalue weighted by atomic mass is 10.0. The fourth-order valence-electron chi connectivity index (χ4n) is 3.48. The molecule has 2 atom stereocenters. The van der Waals surface area contributed by atoms with Crippen molar-refractivity contribution in [3.63, 3.8) is 0 Å². The number of hydrogen-bond acceptors (Lipinski definition) is 4. The van der Waals surface area contributed by atoms with Gasteiger partial charge in [-0.25, -0.2) is 5.01 Å². The molecule has 144 valence electrons. The summed E-state index contributed by atoms with van der Waals surface area (Å²) in [4.78, 5) is 14.1. The molecule has 3 heterocycles. The number of nitrogens with one attached hydrogen (secondary N) is 1. The number of nitrogens with zero attached hydrogens (tertiary/aromatic N) is 2. The molecule has 0 fully saturated rings. The van der Waals surface area contributed by atoms with E-state index in [1.807, 2.05) is 31.3 Å². The maximum Gasteiger partial charge on any atom is 0.298 e. The van der Waals surface area contributed by atoms with Crippen LogP contribution in [0.15, 0.2) is 75.0 Å². The molecule has 6 heteroatoms. The second-order valence-electron chi connectivity index (χ2n) is 7.28. The number of quaternary nitrogens is 1. The summed E-state index contributed by atoms with van der Waals surface area (Å²) in [5.41, 5.74) is 3.13. The average molecular weight is 378 g/mol. The largest absolute Gasteiger partial charge is 0.467 e. The molecule has 0 bridgehead atoms. The van der Waals surface area contributed by atoms with E-state index in [2.05, 4.69) is 36.3 Å². The molecular weight excluding hydrogens is 354 g/mol. The Bertz CT molecular complexity index is 944. The van der Waals surface area contributed by atoms with Crippen LogP contribution in [-0.4, -0.2) is 30.2 Å². The van der Waals surface area contributed by atoms with Gasteiger partial charge in [-0.15, -0.1) is 0 Å². The van der Waals surface area contributed by atoms with E-state index in [4.69, 9.17) is 8.83 Å². The quantitative estimate of drug-likeness (QED) is 0.717. The molecular formula is C22H24N3O3+. The fourth-order valence-corrected chi connectivity index (χ4v) is 3.48. The zero-order valence-corrected chi connectivity index (χ0v) is 16.1. The summed E-state index contributed by atoms with van der Waals surface area (Å²) in [5, 5.41) is 6.26. The SMILES string of the molecule is Cc1ccc(C2=NN(C(=O)C[NH+](C)Cc3ccco3)[C@H](c3ccco3)C2)cc1. The highest BCUT2D eigenvalue weighted by atomic mass is 16.3. The van der Waals surface area contributed by atoms with Gasteiger partial charge in [-0.1, -0.05) is 29.8 Å². The Morgan fingerprint density at radius 2 is 1.89 bits per heavy atom. The van der Waals surface area contributed by atoms with Crippen LogP contribution in [0.1, 0.15) is 35.1 Å². The van der Waals surface area contributed by atoms with E-state index in [1.54, 1.807) is 17.5 Å². The summed E-state index contributed by atoms with van der Waals surface area (Å²) in [6.45, 7) is 3.02. The first-order chi connectivity index (χ1) is 13.6. The number of hydrogen-bond donors (Lipinski definition) is 1. The number of hydrazone groups is 1. The Labute approximate surface area is 164 Å². The lowest BCUT2D eigenvalue weighted by molar-refractivity contribution is -0.886. The van der Waals surface area contributed by atoms with Gasteiger partial charge >= 0.3 is 0 Å². The van der Waals surface area contributed by atoms with Crippen molar-refractivity contribution in [1.82, 2.24) is 5.01 Å². The molecule has 1 aliphatic rings. The number of carbonyl (C=O) groups is 1. The zero-order valence-electron chi connectivity index (χ0n) is 16.1. The van der Waals surface area contributed by atoms with Gasteiger partial charge in [-0.2, -0.15) is 5.10 Å². The van der Waals surface area contributed by atoms with Crippen molar-refractivity contribution in [2.75, 3.05) is 13.6 Å². The van der Waals surface area contributed by atoms with Crippen LogP contribution < -0.4 is 4.90 Å². The first-order valence-corrected chi connectivity index (χ1v) is 9.44. The molecule has 1 aromatic carbocycles. The van der Waals surface area contributed by atoms with Gasteiger partial charge in [0, 0.05) is 6.42 Å². The third-order valence-electron chi connectivity index (χ3n) is 4.93. The Morgan fingerprint density at radius 3 is 2.57 bits per heavy atom. The molecule has 1 N–H and O–H groups in total. The van der Waals surface area contributed by atoms with E-state index < -0.39 is 0 Å². The summed E-state index contributed by atoms with van der Waals surface area (Å²) < 4.78 is 11.0. The van der Waals surface area contributed by atoms with Crippen molar-refractivity contribution in [2.24, 2.45) is 5.10 Å². The van der Waals surface area contributed by atoms with Gasteiger partial charge in [-0.3, -0.25) is 4.79 Å². The number of aryl methyl sites for hydroxylation is 1. The van der Waals surface area contributed by atoms with Crippen LogP contribution in [-0.2, 0) is 11.3 Å². The molecule has 1 aliphatic heterocycles. The van der Waals surface area contributed by atoms with E-state index in [0.29, 0.717) is 19.5 Å². The monoisotopic (exact) mass is 378 g/mol. The topological polar surface area (TPSA) is 63.4 Å². The lowest BCUT2D eigenvalue weighted by Crippen LogP contribution is -3.08. The Morgan fingerprint density at radius 1 is 1.14 bits per heavy atom. The van der Waals surface area contributed by atoms with Crippen LogP contribution in [0.25, 0.3) is 0 Å². The smallest absolute Gasteiger partial charge is 0.298 e. The van der Waals surface area contributed by atoms with E-state index in [0.717, 1.165) is 27.7 Å². The van der Waals surface area contributed by atoms with Crippen molar-refractivity contribution in [3.05, 3.63) is 83.7 Å². The summed E-state index contributed by atoms with van der Waals surface area (Å²) in [6.07, 6.45) is 3.92. The predicted molar refractivity (Wildman–Crippen MR) is 105 cm³/mol. The molecule has 4 rings (SSSR count). The van der Waals surface area contributed by atoms with Gasteiger partial charge in [0.25, 0.3) is 5.91 Å². The third-order valence-corrected chi connectivity index (χ3v) is 4.93. The molecule has 0 saturated carbocycles. The zero-order chi connectivity index (χ0) is 19.5. The highest BCUT2D eigenvalue weighted by Crippen LogP contribution is 2.32. The maximum atomic E-state index is 13.0. The molecule has 28 heavy (non-hydrogen) atoms. The van der Waals surface area contributed by atoms with Gasteiger partial charge < -0.3 is 13.7 Å². The molecule has 2 aromatic heterocycles. The summed E-state index contributed by atoms with van der Waals surface area (Å²) in [6, 6.07) is 15.5. The summed E-state index contributed by atoms with van der Waals surface area (Å²) >= 11 is 0. The summed E-state index contributed by atoms with van der Waals surface area (Å²) in [7, 11) is 1.98. The van der Waals surface area contributed by atoms with Gasteiger partial charge in [0.05, 0.1) is 25.3 Å². The minimum Gasteiger partial charge on any atom is -0.467 e. The number of amides is 1. The molecule has 6 nitrogen and oxygen atoms in total. The van der Waals surface area contributed by atoms with Crippen LogP contribution in [0.2, 0.25) is 0 Å². The molecule has 0 spiro atoms. The first-order valence-electron chi connectivity index (χ1n) is 9.44. The Balaban J connectivity index is 1.53. The Hall–Kier alpha value is -3.12. The van der Waals surface area contributed by atoms with Crippen molar-refractivity contribution in [1.29, 1.82) is 0 Å². The number of carbonyl (C=O) groups excluding carboxylic acids is 1. The lowest BCUT2D eigenvalue weighted by Gasteiger charge is -2.21. The first kappa shape index (κ1) is 18.3. The van der Waals surface area contributed by atoms with Gasteiger partial charge in [0.15, 0.2) is 12.3 Å². The third kappa shape index (κ3) is 3.92. The van der Waals surface area contributed by atoms with Crippen LogP contribution in [0, 0.1) is 6.92 Å². The molecule has 0 aliphatic carbocycles. The number of benzene rings is 1. The van der Waals surface area contributed by atoms with E-state index in [1.165, 1.54) is 5.56 Å². The molecule has 3 aromatic rings. The van der Waals surface area contributed by atoms with E-state index in [-0.39, 0.29) is 11.9 Å².